The van der Waals surface area contributed by atoms with E-state index in [0.717, 1.165) is 31.4 Å². The van der Waals surface area contributed by atoms with E-state index in [-0.39, 0.29) is 21.0 Å². The van der Waals surface area contributed by atoms with Crippen LogP contribution in [0.4, 0.5) is 4.79 Å². The summed E-state index contributed by atoms with van der Waals surface area (Å²) in [4.78, 5) is 36.4. The Bertz CT molecular complexity index is 1010. The zero-order chi connectivity index (χ0) is 22.4. The number of urea groups is 1. The van der Waals surface area contributed by atoms with Crippen molar-refractivity contribution in [3.8, 4) is 0 Å². The summed E-state index contributed by atoms with van der Waals surface area (Å²) in [7, 11) is -4.04. The molecule has 31 heavy (non-hydrogen) atoms. The molecule has 4 aliphatic carbocycles. The maximum Gasteiger partial charge on any atom is 0.340 e. The zero-order valence-electron chi connectivity index (χ0n) is 16.7. The first-order valence-electron chi connectivity index (χ1n) is 10.1. The van der Waals surface area contributed by atoms with E-state index < -0.39 is 34.5 Å². The monoisotopic (exact) mass is 469 g/mol. The lowest BCUT2D eigenvalue weighted by atomic mass is 9.53. The van der Waals surface area contributed by atoms with Crippen molar-refractivity contribution in [1.82, 2.24) is 10.6 Å². The van der Waals surface area contributed by atoms with Crippen LogP contribution in [0.2, 0.25) is 5.02 Å². The highest BCUT2D eigenvalue weighted by atomic mass is 35.5. The molecule has 0 unspecified atom stereocenters. The molecule has 4 N–H and O–H groups in total. The summed E-state index contributed by atoms with van der Waals surface area (Å²) >= 11 is 5.91. The van der Waals surface area contributed by atoms with Crippen molar-refractivity contribution in [3.63, 3.8) is 0 Å². The number of hydrogen-bond acceptors (Lipinski definition) is 6. The first kappa shape index (κ1) is 22.0. The third-order valence-corrected chi connectivity index (χ3v) is 7.73. The Morgan fingerprint density at radius 2 is 1.68 bits per heavy atom. The summed E-state index contributed by atoms with van der Waals surface area (Å²) in [6.45, 7) is -0.719. The second-order valence-electron chi connectivity index (χ2n) is 8.96. The molecule has 0 atom stereocenters. The fraction of sp³-hybridized carbons (Fsp3) is 0.550. The third kappa shape index (κ3) is 4.86. The number of rotatable bonds is 5. The molecule has 1 aromatic rings. The average Bonchev–Trinajstić information content (AvgIpc) is 2.63. The average molecular weight is 470 g/mol. The van der Waals surface area contributed by atoms with Crippen molar-refractivity contribution in [2.24, 2.45) is 22.9 Å². The maximum atomic E-state index is 12.4. The molecule has 3 amide bonds. The number of amides is 3. The number of imide groups is 1. The van der Waals surface area contributed by atoms with Gasteiger partial charge in [-0.05, 0) is 74.5 Å². The van der Waals surface area contributed by atoms with Crippen molar-refractivity contribution < 1.29 is 27.5 Å². The molecule has 1 aromatic carbocycles. The molecule has 0 radical (unpaired) electrons. The summed E-state index contributed by atoms with van der Waals surface area (Å²) in [5.74, 6) is 0.115. The number of nitrogens with two attached hydrogens (primary N) is 1. The fourth-order valence-corrected chi connectivity index (χ4v) is 6.48. The molecular formula is C20H24ClN3O6S. The largest absolute Gasteiger partial charge is 0.452 e. The zero-order valence-corrected chi connectivity index (χ0v) is 18.3. The van der Waals surface area contributed by atoms with E-state index >= 15 is 0 Å². The molecule has 0 aromatic heterocycles. The van der Waals surface area contributed by atoms with E-state index in [9.17, 15) is 22.8 Å². The molecule has 9 nitrogen and oxygen atoms in total. The number of halogens is 1. The summed E-state index contributed by atoms with van der Waals surface area (Å²) < 4.78 is 27.8. The lowest BCUT2D eigenvalue weighted by molar-refractivity contribution is -0.123. The first-order valence-corrected chi connectivity index (χ1v) is 12.1. The third-order valence-electron chi connectivity index (χ3n) is 6.49. The highest BCUT2D eigenvalue weighted by Gasteiger charge is 2.51. The number of nitrogens with one attached hydrogen (secondary N) is 2. The predicted octanol–water partition coefficient (Wildman–Crippen LogP) is 1.94. The minimum absolute atomic E-state index is 0.0580. The quantitative estimate of drug-likeness (QED) is 0.562. The van der Waals surface area contributed by atoms with E-state index in [0.29, 0.717) is 17.8 Å². The summed E-state index contributed by atoms with van der Waals surface area (Å²) in [6.07, 6.45) is 6.50. The van der Waals surface area contributed by atoms with Gasteiger partial charge in [-0.1, -0.05) is 11.6 Å². The van der Waals surface area contributed by atoms with Crippen molar-refractivity contribution in [2.45, 2.75) is 49.0 Å². The van der Waals surface area contributed by atoms with Crippen LogP contribution in [0, 0.1) is 17.8 Å². The van der Waals surface area contributed by atoms with Gasteiger partial charge >= 0.3 is 12.0 Å². The molecule has 168 valence electrons. The van der Waals surface area contributed by atoms with Crippen molar-refractivity contribution in [1.29, 1.82) is 0 Å². The molecule has 5 rings (SSSR count). The van der Waals surface area contributed by atoms with Gasteiger partial charge in [-0.25, -0.2) is 23.1 Å². The number of primary sulfonamides is 1. The number of benzene rings is 1. The Labute approximate surface area is 185 Å². The van der Waals surface area contributed by atoms with Gasteiger partial charge in [0.2, 0.25) is 10.0 Å². The van der Waals surface area contributed by atoms with Crippen LogP contribution in [-0.4, -0.2) is 38.5 Å². The minimum Gasteiger partial charge on any atom is -0.452 e. The van der Waals surface area contributed by atoms with Gasteiger partial charge in [-0.2, -0.15) is 0 Å². The number of esters is 1. The van der Waals surface area contributed by atoms with Crippen LogP contribution in [0.1, 0.15) is 48.9 Å². The van der Waals surface area contributed by atoms with Gasteiger partial charge in [0.25, 0.3) is 5.91 Å². The van der Waals surface area contributed by atoms with Crippen LogP contribution in [-0.2, 0) is 19.6 Å². The van der Waals surface area contributed by atoms with Gasteiger partial charge in [0.1, 0.15) is 0 Å². The number of carbonyl (C=O) groups is 3. The van der Waals surface area contributed by atoms with E-state index in [1.807, 2.05) is 0 Å². The van der Waals surface area contributed by atoms with Gasteiger partial charge < -0.3 is 10.1 Å². The molecule has 0 saturated heterocycles. The Morgan fingerprint density at radius 3 is 2.23 bits per heavy atom. The maximum absolute atomic E-state index is 12.4. The standard InChI is InChI=1S/C20H24ClN3O6S/c21-16-2-1-14(31(22,28)29)6-15(16)18(26)30-10-17(25)23-19(27)24-20-7-11-3-12(8-20)5-13(4-11)9-20/h1-2,6,11-13H,3-5,7-10H2,(H2,22,28,29)(H2,23,24,25,27). The SMILES string of the molecule is NS(=O)(=O)c1ccc(Cl)c(C(=O)OCC(=O)NC(=O)NC23CC4CC(CC(C4)C2)C3)c1. The lowest BCUT2D eigenvalue weighted by Gasteiger charge is -2.56. The molecule has 0 aliphatic heterocycles. The topological polar surface area (TPSA) is 145 Å². The normalized spacial score (nSPS) is 28.8. The Balaban J connectivity index is 1.30. The molecule has 4 aliphatic rings. The number of carbonyl (C=O) groups excluding carboxylic acids is 3. The molecular weight excluding hydrogens is 446 g/mol. The van der Waals surface area contributed by atoms with Gasteiger partial charge in [-0.15, -0.1) is 0 Å². The second kappa shape index (κ2) is 8.07. The Hall–Kier alpha value is -2.17. The molecule has 0 heterocycles. The summed E-state index contributed by atoms with van der Waals surface area (Å²) in [5.41, 5.74) is -0.503. The lowest BCUT2D eigenvalue weighted by Crippen LogP contribution is -2.62. The van der Waals surface area contributed by atoms with Crippen LogP contribution in [0.15, 0.2) is 23.1 Å². The van der Waals surface area contributed by atoms with Crippen molar-refractivity contribution >= 4 is 39.5 Å². The van der Waals surface area contributed by atoms with Crippen LogP contribution < -0.4 is 15.8 Å². The fourth-order valence-electron chi connectivity index (χ4n) is 5.75. The predicted molar refractivity (Wildman–Crippen MR) is 111 cm³/mol. The van der Waals surface area contributed by atoms with Crippen LogP contribution in [0.3, 0.4) is 0 Å². The van der Waals surface area contributed by atoms with E-state index in [1.165, 1.54) is 25.3 Å². The highest BCUT2D eigenvalue weighted by Crippen LogP contribution is 2.55. The molecule has 4 fully saturated rings. The number of sulfonamides is 1. The molecule has 11 heteroatoms. The number of ether oxygens (including phenoxy) is 1. The van der Waals surface area contributed by atoms with Gasteiger partial charge in [0.15, 0.2) is 6.61 Å². The van der Waals surface area contributed by atoms with Crippen LogP contribution in [0.5, 0.6) is 0 Å². The molecule has 4 bridgehead atoms. The Kier molecular flexibility index (Phi) is 5.74. The van der Waals surface area contributed by atoms with Gasteiger partial charge in [0, 0.05) is 5.54 Å². The highest BCUT2D eigenvalue weighted by molar-refractivity contribution is 7.89. The van der Waals surface area contributed by atoms with E-state index in [4.69, 9.17) is 21.5 Å². The van der Waals surface area contributed by atoms with E-state index in [1.54, 1.807) is 0 Å². The van der Waals surface area contributed by atoms with Crippen molar-refractivity contribution in [3.05, 3.63) is 28.8 Å². The van der Waals surface area contributed by atoms with Crippen LogP contribution >= 0.6 is 11.6 Å². The van der Waals surface area contributed by atoms with E-state index in [2.05, 4.69) is 10.6 Å². The number of hydrogen-bond donors (Lipinski definition) is 3. The second-order valence-corrected chi connectivity index (χ2v) is 10.9. The first-order chi connectivity index (χ1) is 14.5. The van der Waals surface area contributed by atoms with Crippen molar-refractivity contribution in [2.75, 3.05) is 6.61 Å². The van der Waals surface area contributed by atoms with Gasteiger partial charge in [-0.3, -0.25) is 10.1 Å². The Morgan fingerprint density at radius 1 is 1.10 bits per heavy atom. The smallest absolute Gasteiger partial charge is 0.340 e. The minimum atomic E-state index is -4.04. The molecule has 0 spiro atoms. The summed E-state index contributed by atoms with van der Waals surface area (Å²) in [5, 5.41) is 10.2. The van der Waals surface area contributed by atoms with Gasteiger partial charge in [0.05, 0.1) is 15.5 Å². The molecule has 4 saturated carbocycles. The summed E-state index contributed by atoms with van der Waals surface area (Å²) in [6, 6.07) is 2.71. The van der Waals surface area contributed by atoms with Crippen LogP contribution in [0.25, 0.3) is 0 Å².